The summed E-state index contributed by atoms with van der Waals surface area (Å²) in [5.41, 5.74) is 1.21. The average molecular weight is 443 g/mol. The molecule has 0 atom stereocenters. The van der Waals surface area contributed by atoms with Crippen LogP contribution < -0.4 is 10.5 Å². The molecule has 0 aliphatic carbocycles. The number of anilines is 1. The lowest BCUT2D eigenvalue weighted by Crippen LogP contribution is -2.39. The molecule has 6 nitrogen and oxygen atoms in total. The smallest absolute Gasteiger partial charge is 0.270 e. The van der Waals surface area contributed by atoms with E-state index in [9.17, 15) is 14.9 Å². The third kappa shape index (κ3) is 3.96. The van der Waals surface area contributed by atoms with Gasteiger partial charge in [0.15, 0.2) is 0 Å². The van der Waals surface area contributed by atoms with E-state index in [1.807, 2.05) is 6.92 Å². The Morgan fingerprint density at radius 1 is 1.33 bits per heavy atom. The zero-order valence-corrected chi connectivity index (χ0v) is 19.2. The first-order valence-electron chi connectivity index (χ1n) is 10.1. The number of hydrogen-bond donors (Lipinski definition) is 0. The average Bonchev–Trinajstić information content (AvgIpc) is 2.98. The Hall–Kier alpha value is -2.37. The molecule has 1 aromatic heterocycles. The van der Waals surface area contributed by atoms with E-state index in [4.69, 9.17) is 12.2 Å². The number of rotatable bonds is 5. The van der Waals surface area contributed by atoms with Gasteiger partial charge in [0.05, 0.1) is 4.91 Å². The topological polar surface area (TPSA) is 69.3 Å². The first kappa shape index (κ1) is 22.3. The standard InChI is InChI=1S/C22H26N4O2S2/c1-5-9-26-21(28)18(30-22(26)29)12-16-15(4)17(13-23)20(27)25(6-2)19(16)24-10-7-14(3)8-11-24/h5,12,14H,1,6-11H2,2-4H3/b18-12-. The van der Waals surface area contributed by atoms with Gasteiger partial charge in [-0.15, -0.1) is 6.58 Å². The third-order valence-electron chi connectivity index (χ3n) is 5.71. The zero-order chi connectivity index (χ0) is 22.0. The normalized spacial score (nSPS) is 18.9. The molecule has 0 bridgehead atoms. The second-order valence-corrected chi connectivity index (χ2v) is 9.32. The van der Waals surface area contributed by atoms with Crippen molar-refractivity contribution in [1.82, 2.24) is 9.47 Å². The molecule has 0 spiro atoms. The molecule has 1 amide bonds. The number of nitrogens with zero attached hydrogens (tertiary/aromatic N) is 4. The number of amides is 1. The number of carbonyl (C=O) groups excluding carboxylic acids is 1. The number of thioether (sulfide) groups is 1. The Morgan fingerprint density at radius 2 is 2.00 bits per heavy atom. The number of piperidine rings is 1. The van der Waals surface area contributed by atoms with Gasteiger partial charge in [0.1, 0.15) is 21.8 Å². The summed E-state index contributed by atoms with van der Waals surface area (Å²) in [5, 5.41) is 9.64. The van der Waals surface area contributed by atoms with E-state index < -0.39 is 0 Å². The largest absolute Gasteiger partial charge is 0.357 e. The lowest BCUT2D eigenvalue weighted by atomic mass is 9.97. The van der Waals surface area contributed by atoms with Crippen LogP contribution in [-0.2, 0) is 11.3 Å². The molecule has 3 rings (SSSR count). The first-order chi connectivity index (χ1) is 14.3. The highest BCUT2D eigenvalue weighted by Gasteiger charge is 2.32. The molecule has 0 radical (unpaired) electrons. The minimum absolute atomic E-state index is 0.124. The van der Waals surface area contributed by atoms with Gasteiger partial charge in [-0.2, -0.15) is 5.26 Å². The van der Waals surface area contributed by atoms with Crippen LogP contribution in [-0.4, -0.2) is 39.3 Å². The van der Waals surface area contributed by atoms with Gasteiger partial charge >= 0.3 is 0 Å². The maximum absolute atomic E-state index is 13.0. The molecule has 0 saturated carbocycles. The molecular formula is C22H26N4O2S2. The van der Waals surface area contributed by atoms with Crippen LogP contribution in [0.3, 0.4) is 0 Å². The predicted molar refractivity (Wildman–Crippen MR) is 127 cm³/mol. The molecule has 8 heteroatoms. The Morgan fingerprint density at radius 3 is 2.57 bits per heavy atom. The maximum Gasteiger partial charge on any atom is 0.270 e. The van der Waals surface area contributed by atoms with Gasteiger partial charge in [0, 0.05) is 31.7 Å². The zero-order valence-electron chi connectivity index (χ0n) is 17.6. The number of nitriles is 1. The van der Waals surface area contributed by atoms with Crippen molar-refractivity contribution in [2.75, 3.05) is 24.5 Å². The summed E-state index contributed by atoms with van der Waals surface area (Å²) < 4.78 is 2.15. The van der Waals surface area contributed by atoms with E-state index >= 15 is 0 Å². The summed E-state index contributed by atoms with van der Waals surface area (Å²) >= 11 is 6.60. The molecule has 1 aromatic rings. The van der Waals surface area contributed by atoms with E-state index in [1.165, 1.54) is 16.7 Å². The summed E-state index contributed by atoms with van der Waals surface area (Å²) in [5.74, 6) is 1.26. The van der Waals surface area contributed by atoms with E-state index in [0.29, 0.717) is 33.8 Å². The molecule has 2 saturated heterocycles. The van der Waals surface area contributed by atoms with Crippen molar-refractivity contribution in [3.63, 3.8) is 0 Å². The van der Waals surface area contributed by atoms with Crippen molar-refractivity contribution in [3.8, 4) is 6.07 Å². The molecule has 30 heavy (non-hydrogen) atoms. The van der Waals surface area contributed by atoms with Crippen LogP contribution in [0.5, 0.6) is 0 Å². The van der Waals surface area contributed by atoms with E-state index in [2.05, 4.69) is 24.5 Å². The minimum atomic E-state index is -0.275. The Kier molecular flexibility index (Phi) is 6.84. The minimum Gasteiger partial charge on any atom is -0.357 e. The van der Waals surface area contributed by atoms with Crippen LogP contribution in [0.15, 0.2) is 22.4 Å². The van der Waals surface area contributed by atoms with Crippen molar-refractivity contribution < 1.29 is 4.79 Å². The van der Waals surface area contributed by atoms with Crippen LogP contribution in [0, 0.1) is 24.2 Å². The second-order valence-electron chi connectivity index (χ2n) is 7.65. The second kappa shape index (κ2) is 9.19. The first-order valence-corrected chi connectivity index (χ1v) is 11.3. The predicted octanol–water partition coefficient (Wildman–Crippen LogP) is 3.67. The maximum atomic E-state index is 13.0. The highest BCUT2D eigenvalue weighted by Crippen LogP contribution is 2.36. The van der Waals surface area contributed by atoms with Crippen LogP contribution in [0.4, 0.5) is 5.82 Å². The molecule has 2 aliphatic heterocycles. The fourth-order valence-electron chi connectivity index (χ4n) is 3.92. The quantitative estimate of drug-likeness (QED) is 0.394. The van der Waals surface area contributed by atoms with Crippen molar-refractivity contribution >= 4 is 46.1 Å². The summed E-state index contributed by atoms with van der Waals surface area (Å²) in [6.07, 6.45) is 5.53. The molecule has 2 aliphatic rings. The number of carbonyl (C=O) groups is 1. The van der Waals surface area contributed by atoms with Gasteiger partial charge < -0.3 is 4.90 Å². The number of aromatic nitrogens is 1. The summed E-state index contributed by atoms with van der Waals surface area (Å²) in [4.78, 5) is 30.1. The molecule has 0 N–H and O–H groups in total. The van der Waals surface area contributed by atoms with Crippen LogP contribution in [0.1, 0.15) is 43.4 Å². The van der Waals surface area contributed by atoms with E-state index in [0.717, 1.165) is 37.3 Å². The summed E-state index contributed by atoms with van der Waals surface area (Å²) in [7, 11) is 0. The summed E-state index contributed by atoms with van der Waals surface area (Å²) in [6, 6.07) is 2.07. The van der Waals surface area contributed by atoms with Crippen LogP contribution in [0.2, 0.25) is 0 Å². The monoisotopic (exact) mass is 442 g/mol. The molecule has 0 aromatic carbocycles. The molecule has 158 valence electrons. The molecular weight excluding hydrogens is 416 g/mol. The van der Waals surface area contributed by atoms with E-state index in [-0.39, 0.29) is 17.0 Å². The fourth-order valence-corrected chi connectivity index (χ4v) is 5.17. The molecule has 0 unspecified atom stereocenters. The van der Waals surface area contributed by atoms with Gasteiger partial charge in [0.25, 0.3) is 11.5 Å². The fraction of sp³-hybridized carbons (Fsp3) is 0.455. The number of hydrogen-bond acceptors (Lipinski definition) is 6. The Balaban J connectivity index is 2.21. The highest BCUT2D eigenvalue weighted by atomic mass is 32.2. The lowest BCUT2D eigenvalue weighted by Gasteiger charge is -2.35. The molecule has 2 fully saturated rings. The number of thiocarbonyl (C=S) groups is 1. The van der Waals surface area contributed by atoms with Crippen molar-refractivity contribution in [3.05, 3.63) is 44.6 Å². The Labute approximate surface area is 186 Å². The van der Waals surface area contributed by atoms with Crippen LogP contribution in [0.25, 0.3) is 6.08 Å². The SMILES string of the molecule is C=CCN1C(=O)/C(=C/c2c(C)c(C#N)c(=O)n(CC)c2N2CCC(C)CC2)SC1=S. The number of pyridine rings is 1. The third-order valence-corrected chi connectivity index (χ3v) is 7.08. The van der Waals surface area contributed by atoms with Gasteiger partial charge in [-0.1, -0.05) is 37.0 Å². The summed E-state index contributed by atoms with van der Waals surface area (Å²) in [6.45, 7) is 12.1. The van der Waals surface area contributed by atoms with Gasteiger partial charge in [-0.3, -0.25) is 19.1 Å². The molecule has 3 heterocycles. The van der Waals surface area contributed by atoms with Gasteiger partial charge in [-0.05, 0) is 44.2 Å². The van der Waals surface area contributed by atoms with Crippen molar-refractivity contribution in [1.29, 1.82) is 5.26 Å². The van der Waals surface area contributed by atoms with Gasteiger partial charge in [0.2, 0.25) is 0 Å². The lowest BCUT2D eigenvalue weighted by molar-refractivity contribution is -0.121. The highest BCUT2D eigenvalue weighted by molar-refractivity contribution is 8.26. The van der Waals surface area contributed by atoms with Crippen molar-refractivity contribution in [2.24, 2.45) is 5.92 Å². The van der Waals surface area contributed by atoms with Crippen LogP contribution >= 0.6 is 24.0 Å². The van der Waals surface area contributed by atoms with Crippen molar-refractivity contribution in [2.45, 2.75) is 40.2 Å². The van der Waals surface area contributed by atoms with E-state index in [1.54, 1.807) is 23.6 Å². The Bertz CT molecular complexity index is 1030. The van der Waals surface area contributed by atoms with Gasteiger partial charge in [-0.25, -0.2) is 0 Å².